The first-order chi connectivity index (χ1) is 15.7. The van der Waals surface area contributed by atoms with Gasteiger partial charge in [-0.2, -0.15) is 0 Å². The third kappa shape index (κ3) is 3.92. The largest absolute Gasteiger partial charge is 0.340 e. The number of rotatable bonds is 5. The number of anilines is 2. The number of para-hydroxylation sites is 1. The minimum Gasteiger partial charge on any atom is -0.340 e. The van der Waals surface area contributed by atoms with Crippen LogP contribution in [0.1, 0.15) is 0 Å². The standard InChI is InChI=1S/C26H19FN4S/c1-32-24-9-5-3-6-20(24)19-11-10-18(16-22(19)27)29-26-21-7-2-4-8-23(21)30-25(31-26)17-12-14-28-15-13-17/h2-16H,1H3,(H,29,30,31). The molecule has 32 heavy (non-hydrogen) atoms. The maximum atomic E-state index is 15.1. The molecule has 5 aromatic rings. The van der Waals surface area contributed by atoms with E-state index >= 15 is 4.39 Å². The molecule has 0 aliphatic carbocycles. The van der Waals surface area contributed by atoms with Gasteiger partial charge in [0.15, 0.2) is 5.82 Å². The van der Waals surface area contributed by atoms with Crippen molar-refractivity contribution in [3.63, 3.8) is 0 Å². The summed E-state index contributed by atoms with van der Waals surface area (Å²) in [5, 5.41) is 4.16. The monoisotopic (exact) mass is 438 g/mol. The molecule has 156 valence electrons. The lowest BCUT2D eigenvalue weighted by atomic mass is 10.0. The Morgan fingerprint density at radius 2 is 1.59 bits per heavy atom. The molecule has 0 saturated heterocycles. The smallest absolute Gasteiger partial charge is 0.162 e. The summed E-state index contributed by atoms with van der Waals surface area (Å²) < 4.78 is 15.1. The van der Waals surface area contributed by atoms with E-state index in [1.54, 1.807) is 30.2 Å². The quantitative estimate of drug-likeness (QED) is 0.301. The topological polar surface area (TPSA) is 50.7 Å². The molecule has 1 N–H and O–H groups in total. The minimum absolute atomic E-state index is 0.288. The molecule has 0 unspecified atom stereocenters. The first-order valence-electron chi connectivity index (χ1n) is 10.1. The second kappa shape index (κ2) is 8.77. The van der Waals surface area contributed by atoms with Crippen LogP contribution in [0.5, 0.6) is 0 Å². The van der Waals surface area contributed by atoms with Gasteiger partial charge in [-0.1, -0.05) is 30.3 Å². The highest BCUT2D eigenvalue weighted by Gasteiger charge is 2.13. The van der Waals surface area contributed by atoms with Gasteiger partial charge in [0.1, 0.15) is 11.6 Å². The predicted octanol–water partition coefficient (Wildman–Crippen LogP) is 6.96. The number of aromatic nitrogens is 3. The van der Waals surface area contributed by atoms with Crippen molar-refractivity contribution in [3.8, 4) is 22.5 Å². The number of nitrogens with one attached hydrogen (secondary N) is 1. The number of fused-ring (bicyclic) bond motifs is 1. The summed E-state index contributed by atoms with van der Waals surface area (Å²) in [5.41, 5.74) is 3.76. The molecule has 0 amide bonds. The van der Waals surface area contributed by atoms with Crippen molar-refractivity contribution in [2.24, 2.45) is 0 Å². The van der Waals surface area contributed by atoms with Gasteiger partial charge in [0.05, 0.1) is 5.52 Å². The lowest BCUT2D eigenvalue weighted by molar-refractivity contribution is 0.631. The molecule has 2 heterocycles. The van der Waals surface area contributed by atoms with Crippen LogP contribution in [-0.4, -0.2) is 21.2 Å². The van der Waals surface area contributed by atoms with Crippen molar-refractivity contribution in [1.82, 2.24) is 15.0 Å². The van der Waals surface area contributed by atoms with Crippen molar-refractivity contribution < 1.29 is 4.39 Å². The van der Waals surface area contributed by atoms with Crippen LogP contribution in [0.3, 0.4) is 0 Å². The SMILES string of the molecule is CSc1ccccc1-c1ccc(Nc2nc(-c3ccncc3)nc3ccccc23)cc1F. The summed E-state index contributed by atoms with van der Waals surface area (Å²) in [6, 6.07) is 24.5. The number of benzene rings is 3. The number of halogens is 1. The number of pyridine rings is 1. The summed E-state index contributed by atoms with van der Waals surface area (Å²) in [6.07, 6.45) is 5.41. The Bertz CT molecular complexity index is 1410. The number of hydrogen-bond acceptors (Lipinski definition) is 5. The van der Waals surface area contributed by atoms with E-state index < -0.39 is 0 Å². The number of thioether (sulfide) groups is 1. The van der Waals surface area contributed by atoms with Crippen LogP contribution in [0.25, 0.3) is 33.4 Å². The predicted molar refractivity (Wildman–Crippen MR) is 130 cm³/mol. The van der Waals surface area contributed by atoms with Crippen LogP contribution in [0.15, 0.2) is 96.2 Å². The Morgan fingerprint density at radius 1 is 0.812 bits per heavy atom. The lowest BCUT2D eigenvalue weighted by Crippen LogP contribution is -2.00. The van der Waals surface area contributed by atoms with E-state index in [4.69, 9.17) is 4.98 Å². The van der Waals surface area contributed by atoms with Gasteiger partial charge in [-0.25, -0.2) is 14.4 Å². The van der Waals surface area contributed by atoms with Gasteiger partial charge in [0.25, 0.3) is 0 Å². The minimum atomic E-state index is -0.288. The summed E-state index contributed by atoms with van der Waals surface area (Å²) in [4.78, 5) is 14.5. The zero-order chi connectivity index (χ0) is 21.9. The van der Waals surface area contributed by atoms with E-state index in [1.165, 1.54) is 6.07 Å². The van der Waals surface area contributed by atoms with Gasteiger partial charge in [-0.05, 0) is 60.4 Å². The van der Waals surface area contributed by atoms with E-state index in [0.29, 0.717) is 22.9 Å². The van der Waals surface area contributed by atoms with Crippen molar-refractivity contribution in [1.29, 1.82) is 0 Å². The van der Waals surface area contributed by atoms with E-state index in [1.807, 2.05) is 73.0 Å². The first-order valence-corrected chi connectivity index (χ1v) is 11.3. The first kappa shape index (κ1) is 20.2. The Labute approximate surface area is 189 Å². The Balaban J connectivity index is 1.55. The zero-order valence-corrected chi connectivity index (χ0v) is 18.1. The summed E-state index contributed by atoms with van der Waals surface area (Å²) in [7, 11) is 0. The molecular weight excluding hydrogens is 419 g/mol. The maximum absolute atomic E-state index is 15.1. The number of nitrogens with zero attached hydrogens (tertiary/aromatic N) is 3. The van der Waals surface area contributed by atoms with Gasteiger partial charge in [-0.3, -0.25) is 4.98 Å². The maximum Gasteiger partial charge on any atom is 0.162 e. The van der Waals surface area contributed by atoms with Crippen LogP contribution in [0.2, 0.25) is 0 Å². The summed E-state index contributed by atoms with van der Waals surface area (Å²) in [6.45, 7) is 0. The fourth-order valence-electron chi connectivity index (χ4n) is 3.62. The van der Waals surface area contributed by atoms with E-state index in [0.717, 1.165) is 26.9 Å². The van der Waals surface area contributed by atoms with Crippen LogP contribution in [0.4, 0.5) is 15.9 Å². The molecule has 0 aliphatic heterocycles. The van der Waals surface area contributed by atoms with E-state index in [-0.39, 0.29) is 5.82 Å². The summed E-state index contributed by atoms with van der Waals surface area (Å²) in [5.74, 6) is 0.919. The van der Waals surface area contributed by atoms with Crippen LogP contribution in [-0.2, 0) is 0 Å². The molecule has 0 saturated carbocycles. The van der Waals surface area contributed by atoms with Crippen molar-refractivity contribution in [3.05, 3.63) is 97.1 Å². The molecule has 4 nitrogen and oxygen atoms in total. The van der Waals surface area contributed by atoms with Gasteiger partial charge < -0.3 is 5.32 Å². The molecule has 5 rings (SSSR count). The van der Waals surface area contributed by atoms with Gasteiger partial charge in [0.2, 0.25) is 0 Å². The van der Waals surface area contributed by atoms with Crippen molar-refractivity contribution in [2.45, 2.75) is 4.90 Å². The highest BCUT2D eigenvalue weighted by Crippen LogP contribution is 2.34. The molecular formula is C26H19FN4S. The van der Waals surface area contributed by atoms with Crippen molar-refractivity contribution >= 4 is 34.2 Å². The van der Waals surface area contributed by atoms with Gasteiger partial charge in [-0.15, -0.1) is 11.8 Å². The summed E-state index contributed by atoms with van der Waals surface area (Å²) >= 11 is 1.60. The van der Waals surface area contributed by atoms with Gasteiger partial charge >= 0.3 is 0 Å². The Hall–Kier alpha value is -3.77. The third-order valence-electron chi connectivity index (χ3n) is 5.17. The average molecular weight is 439 g/mol. The highest BCUT2D eigenvalue weighted by molar-refractivity contribution is 7.98. The Kier molecular flexibility index (Phi) is 5.52. The Morgan fingerprint density at radius 3 is 2.41 bits per heavy atom. The van der Waals surface area contributed by atoms with Gasteiger partial charge in [0, 0.05) is 39.5 Å². The highest BCUT2D eigenvalue weighted by atomic mass is 32.2. The normalized spacial score (nSPS) is 10.9. The second-order valence-corrected chi connectivity index (χ2v) is 8.02. The van der Waals surface area contributed by atoms with Crippen LogP contribution < -0.4 is 5.32 Å². The zero-order valence-electron chi connectivity index (χ0n) is 17.3. The second-order valence-electron chi connectivity index (χ2n) is 7.17. The molecule has 0 radical (unpaired) electrons. The average Bonchev–Trinajstić information content (AvgIpc) is 2.84. The molecule has 0 aliphatic rings. The molecule has 2 aromatic heterocycles. The molecule has 0 spiro atoms. The van der Waals surface area contributed by atoms with Crippen molar-refractivity contribution in [2.75, 3.05) is 11.6 Å². The lowest BCUT2D eigenvalue weighted by Gasteiger charge is -2.13. The molecule has 0 fully saturated rings. The fourth-order valence-corrected chi connectivity index (χ4v) is 4.23. The fraction of sp³-hybridized carbons (Fsp3) is 0.0385. The van der Waals surface area contributed by atoms with E-state index in [2.05, 4.69) is 15.3 Å². The van der Waals surface area contributed by atoms with Crippen LogP contribution >= 0.6 is 11.8 Å². The molecule has 0 atom stereocenters. The molecule has 3 aromatic carbocycles. The molecule has 6 heteroatoms. The van der Waals surface area contributed by atoms with E-state index in [9.17, 15) is 0 Å². The number of hydrogen-bond donors (Lipinski definition) is 1. The third-order valence-corrected chi connectivity index (χ3v) is 5.97. The molecule has 0 bridgehead atoms. The van der Waals surface area contributed by atoms with Crippen LogP contribution in [0, 0.1) is 5.82 Å².